The smallest absolute Gasteiger partial charge is 0.159 e. The summed E-state index contributed by atoms with van der Waals surface area (Å²) in [7, 11) is 0. The van der Waals surface area contributed by atoms with E-state index in [0.717, 1.165) is 24.6 Å². The Labute approximate surface area is 146 Å². The van der Waals surface area contributed by atoms with Crippen molar-refractivity contribution in [3.05, 3.63) is 47.3 Å². The molecule has 1 saturated heterocycles. The Hall–Kier alpha value is -1.86. The predicted molar refractivity (Wildman–Crippen MR) is 90.0 cm³/mol. The van der Waals surface area contributed by atoms with Crippen LogP contribution in [0.2, 0.25) is 0 Å². The van der Waals surface area contributed by atoms with Gasteiger partial charge in [0.25, 0.3) is 0 Å². The zero-order valence-electron chi connectivity index (χ0n) is 14.6. The number of halogens is 2. The standard InChI is InChI=1S/C18H24F2N4O/c1-13(2)24-11-17(21-22-24)18(25)7-3-8-23(12-18)9-6-14-4-5-15(19)16(20)10-14/h4-5,10-11,13,25H,3,6-9,12H2,1-2H3. The zero-order chi connectivity index (χ0) is 18.0. The molecule has 1 atom stereocenters. The Kier molecular flexibility index (Phi) is 5.15. The number of hydrogen-bond donors (Lipinski definition) is 1. The first kappa shape index (κ1) is 17.9. The summed E-state index contributed by atoms with van der Waals surface area (Å²) in [6.07, 6.45) is 3.91. The van der Waals surface area contributed by atoms with E-state index >= 15 is 0 Å². The van der Waals surface area contributed by atoms with Crippen molar-refractivity contribution in [1.29, 1.82) is 0 Å². The molecule has 0 aliphatic carbocycles. The van der Waals surface area contributed by atoms with Gasteiger partial charge in [-0.05, 0) is 57.4 Å². The summed E-state index contributed by atoms with van der Waals surface area (Å²) in [6, 6.07) is 4.18. The first-order valence-corrected chi connectivity index (χ1v) is 8.68. The molecule has 1 aromatic carbocycles. The summed E-state index contributed by atoms with van der Waals surface area (Å²) < 4.78 is 28.1. The number of piperidine rings is 1. The van der Waals surface area contributed by atoms with Crippen molar-refractivity contribution in [2.45, 2.75) is 44.8 Å². The number of aromatic nitrogens is 3. The van der Waals surface area contributed by atoms with Gasteiger partial charge in [-0.2, -0.15) is 0 Å². The second-order valence-corrected chi connectivity index (χ2v) is 7.09. The van der Waals surface area contributed by atoms with Gasteiger partial charge >= 0.3 is 0 Å². The van der Waals surface area contributed by atoms with Gasteiger partial charge in [0, 0.05) is 19.1 Å². The Morgan fingerprint density at radius 2 is 2.08 bits per heavy atom. The lowest BCUT2D eigenvalue weighted by Crippen LogP contribution is -2.47. The third kappa shape index (κ3) is 4.04. The fraction of sp³-hybridized carbons (Fsp3) is 0.556. The monoisotopic (exact) mass is 350 g/mol. The highest BCUT2D eigenvalue weighted by Gasteiger charge is 2.37. The lowest BCUT2D eigenvalue weighted by Gasteiger charge is -2.38. The van der Waals surface area contributed by atoms with Crippen molar-refractivity contribution in [1.82, 2.24) is 19.9 Å². The largest absolute Gasteiger partial charge is 0.382 e. The van der Waals surface area contributed by atoms with Crippen LogP contribution in [0.25, 0.3) is 0 Å². The molecular formula is C18H24F2N4O. The molecule has 0 amide bonds. The van der Waals surface area contributed by atoms with Gasteiger partial charge < -0.3 is 5.11 Å². The summed E-state index contributed by atoms with van der Waals surface area (Å²) >= 11 is 0. The number of aliphatic hydroxyl groups is 1. The summed E-state index contributed by atoms with van der Waals surface area (Å²) in [5.41, 5.74) is 0.330. The van der Waals surface area contributed by atoms with Gasteiger partial charge in [-0.3, -0.25) is 4.90 Å². The molecule has 1 aliphatic heterocycles. The average Bonchev–Trinajstić information content (AvgIpc) is 3.07. The molecule has 1 fully saturated rings. The van der Waals surface area contributed by atoms with Crippen molar-refractivity contribution < 1.29 is 13.9 Å². The van der Waals surface area contributed by atoms with Gasteiger partial charge in [0.15, 0.2) is 11.6 Å². The molecule has 136 valence electrons. The molecule has 1 aromatic heterocycles. The second kappa shape index (κ2) is 7.17. The van der Waals surface area contributed by atoms with Crippen LogP contribution in [0.3, 0.4) is 0 Å². The highest BCUT2D eigenvalue weighted by molar-refractivity contribution is 5.18. The molecule has 0 saturated carbocycles. The third-order valence-electron chi connectivity index (χ3n) is 4.77. The van der Waals surface area contributed by atoms with Gasteiger partial charge in [0.2, 0.25) is 0 Å². The Balaban J connectivity index is 1.64. The number of hydrogen-bond acceptors (Lipinski definition) is 4. The van der Waals surface area contributed by atoms with Gasteiger partial charge in [0.05, 0.1) is 6.20 Å². The van der Waals surface area contributed by atoms with Gasteiger partial charge in [-0.25, -0.2) is 13.5 Å². The minimum Gasteiger partial charge on any atom is -0.382 e. The number of benzene rings is 1. The molecule has 7 heteroatoms. The van der Waals surface area contributed by atoms with Crippen LogP contribution in [-0.4, -0.2) is 44.6 Å². The van der Waals surface area contributed by atoms with E-state index in [1.165, 1.54) is 6.07 Å². The van der Waals surface area contributed by atoms with Crippen LogP contribution in [-0.2, 0) is 12.0 Å². The topological polar surface area (TPSA) is 54.2 Å². The summed E-state index contributed by atoms with van der Waals surface area (Å²) in [4.78, 5) is 2.14. The minimum absolute atomic E-state index is 0.193. The van der Waals surface area contributed by atoms with Crippen LogP contribution in [0.1, 0.15) is 44.0 Å². The van der Waals surface area contributed by atoms with Crippen LogP contribution in [0.15, 0.2) is 24.4 Å². The molecule has 3 rings (SSSR count). The fourth-order valence-electron chi connectivity index (χ4n) is 3.25. The normalized spacial score (nSPS) is 21.8. The Morgan fingerprint density at radius 1 is 1.28 bits per heavy atom. The highest BCUT2D eigenvalue weighted by atomic mass is 19.2. The van der Waals surface area contributed by atoms with Crippen molar-refractivity contribution >= 4 is 0 Å². The number of rotatable bonds is 5. The van der Waals surface area contributed by atoms with Crippen LogP contribution >= 0.6 is 0 Å². The maximum Gasteiger partial charge on any atom is 0.159 e. The quantitative estimate of drug-likeness (QED) is 0.901. The van der Waals surface area contributed by atoms with E-state index < -0.39 is 17.2 Å². The molecule has 2 heterocycles. The molecule has 1 aliphatic rings. The van der Waals surface area contributed by atoms with Crippen molar-refractivity contribution in [3.63, 3.8) is 0 Å². The maximum atomic E-state index is 13.3. The van der Waals surface area contributed by atoms with E-state index in [1.807, 2.05) is 20.0 Å². The van der Waals surface area contributed by atoms with Crippen LogP contribution in [0.4, 0.5) is 8.78 Å². The predicted octanol–water partition coefficient (Wildman–Crippen LogP) is 2.66. The van der Waals surface area contributed by atoms with E-state index in [9.17, 15) is 13.9 Å². The molecule has 0 spiro atoms. The number of nitrogens with zero attached hydrogens (tertiary/aromatic N) is 4. The SMILES string of the molecule is CC(C)n1cc(C2(O)CCCN(CCc3ccc(F)c(F)c3)C2)nn1. The lowest BCUT2D eigenvalue weighted by atomic mass is 9.90. The second-order valence-electron chi connectivity index (χ2n) is 7.09. The van der Waals surface area contributed by atoms with E-state index in [2.05, 4.69) is 15.2 Å². The maximum absolute atomic E-state index is 13.3. The first-order chi connectivity index (χ1) is 11.9. The van der Waals surface area contributed by atoms with Gasteiger partial charge in [-0.15, -0.1) is 5.10 Å². The van der Waals surface area contributed by atoms with Crippen LogP contribution < -0.4 is 0 Å². The summed E-state index contributed by atoms with van der Waals surface area (Å²) in [5, 5.41) is 19.3. The number of β-amino-alcohol motifs (C(OH)–C–C–N with tert-alkyl or cyclic N) is 1. The molecule has 2 aromatic rings. The Bertz CT molecular complexity index is 734. The Morgan fingerprint density at radius 3 is 2.76 bits per heavy atom. The molecule has 0 radical (unpaired) electrons. The van der Waals surface area contributed by atoms with Crippen molar-refractivity contribution in [2.24, 2.45) is 0 Å². The lowest BCUT2D eigenvalue weighted by molar-refractivity contribution is -0.0385. The first-order valence-electron chi connectivity index (χ1n) is 8.68. The average molecular weight is 350 g/mol. The van der Waals surface area contributed by atoms with Gasteiger partial charge in [0.1, 0.15) is 11.3 Å². The van der Waals surface area contributed by atoms with E-state index in [4.69, 9.17) is 0 Å². The van der Waals surface area contributed by atoms with Crippen LogP contribution in [0.5, 0.6) is 0 Å². The minimum atomic E-state index is -1.01. The summed E-state index contributed by atoms with van der Waals surface area (Å²) in [5.74, 6) is -1.65. The van der Waals surface area contributed by atoms with Crippen molar-refractivity contribution in [2.75, 3.05) is 19.6 Å². The highest BCUT2D eigenvalue weighted by Crippen LogP contribution is 2.30. The molecule has 0 bridgehead atoms. The fourth-order valence-corrected chi connectivity index (χ4v) is 3.25. The van der Waals surface area contributed by atoms with Crippen molar-refractivity contribution in [3.8, 4) is 0 Å². The number of likely N-dealkylation sites (tertiary alicyclic amines) is 1. The molecule has 1 N–H and O–H groups in total. The molecule has 25 heavy (non-hydrogen) atoms. The van der Waals surface area contributed by atoms with E-state index in [1.54, 1.807) is 10.7 Å². The zero-order valence-corrected chi connectivity index (χ0v) is 14.6. The summed E-state index contributed by atoms with van der Waals surface area (Å²) in [6.45, 7) is 6.03. The van der Waals surface area contributed by atoms with E-state index in [0.29, 0.717) is 31.6 Å². The van der Waals surface area contributed by atoms with E-state index in [-0.39, 0.29) is 6.04 Å². The third-order valence-corrected chi connectivity index (χ3v) is 4.77. The molecule has 1 unspecified atom stereocenters. The van der Waals surface area contributed by atoms with Gasteiger partial charge in [-0.1, -0.05) is 11.3 Å². The molecule has 5 nitrogen and oxygen atoms in total. The molecular weight excluding hydrogens is 326 g/mol. The van der Waals surface area contributed by atoms with Crippen LogP contribution in [0, 0.1) is 11.6 Å².